The highest BCUT2D eigenvalue weighted by molar-refractivity contribution is 7.13. The molecular weight excluding hydrogens is 394 g/mol. The number of benzene rings is 2. The maximum absolute atomic E-state index is 12.5. The van der Waals surface area contributed by atoms with Gasteiger partial charge >= 0.3 is 0 Å². The van der Waals surface area contributed by atoms with E-state index in [-0.39, 0.29) is 12.5 Å². The second-order valence-electron chi connectivity index (χ2n) is 7.05. The van der Waals surface area contributed by atoms with Gasteiger partial charge < -0.3 is 14.6 Å². The fourth-order valence-corrected chi connectivity index (χ4v) is 4.06. The number of nitrogens with one attached hydrogen (secondary N) is 1. The average Bonchev–Trinajstić information content (AvgIpc) is 3.42. The number of aryl methyl sites for hydroxylation is 1. The number of ether oxygens (including phenoxy) is 1. The summed E-state index contributed by atoms with van der Waals surface area (Å²) in [5, 5.41) is 5.93. The Bertz CT molecular complexity index is 1150. The van der Waals surface area contributed by atoms with Gasteiger partial charge in [0.05, 0.1) is 18.5 Å². The van der Waals surface area contributed by atoms with Gasteiger partial charge in [0, 0.05) is 23.7 Å². The van der Waals surface area contributed by atoms with Crippen molar-refractivity contribution in [3.63, 3.8) is 0 Å². The first-order chi connectivity index (χ1) is 14.6. The number of hydrogen-bond acceptors (Lipinski definition) is 4. The number of rotatable bonds is 7. The van der Waals surface area contributed by atoms with Gasteiger partial charge in [0.15, 0.2) is 0 Å². The molecule has 0 unspecified atom stereocenters. The van der Waals surface area contributed by atoms with Crippen LogP contribution < -0.4 is 10.1 Å². The Labute approximate surface area is 180 Å². The van der Waals surface area contributed by atoms with Gasteiger partial charge in [-0.3, -0.25) is 4.79 Å². The maximum Gasteiger partial charge on any atom is 0.240 e. The molecule has 152 valence electrons. The fourth-order valence-electron chi connectivity index (χ4n) is 3.19. The smallest absolute Gasteiger partial charge is 0.240 e. The molecule has 6 heteroatoms. The highest BCUT2D eigenvalue weighted by atomic mass is 32.1. The summed E-state index contributed by atoms with van der Waals surface area (Å²) in [6.45, 7) is 2.77. The normalized spacial score (nSPS) is 10.7. The first-order valence-electron chi connectivity index (χ1n) is 9.70. The van der Waals surface area contributed by atoms with E-state index in [0.29, 0.717) is 6.54 Å². The zero-order valence-corrected chi connectivity index (χ0v) is 17.8. The van der Waals surface area contributed by atoms with Crippen molar-refractivity contribution >= 4 is 17.2 Å². The fraction of sp³-hybridized carbons (Fsp3) is 0.167. The highest BCUT2D eigenvalue weighted by Gasteiger charge is 2.12. The summed E-state index contributed by atoms with van der Waals surface area (Å²) < 4.78 is 7.16. The minimum Gasteiger partial charge on any atom is -0.497 e. The van der Waals surface area contributed by atoms with Gasteiger partial charge in [0.25, 0.3) is 0 Å². The van der Waals surface area contributed by atoms with Crippen molar-refractivity contribution in [1.29, 1.82) is 0 Å². The molecule has 0 atom stereocenters. The molecule has 1 amide bonds. The Morgan fingerprint density at radius 1 is 1.13 bits per heavy atom. The van der Waals surface area contributed by atoms with Crippen LogP contribution in [0.2, 0.25) is 0 Å². The molecule has 2 aromatic heterocycles. The average molecular weight is 418 g/mol. The molecule has 0 aliphatic rings. The van der Waals surface area contributed by atoms with E-state index < -0.39 is 0 Å². The van der Waals surface area contributed by atoms with E-state index in [1.165, 1.54) is 5.56 Å². The molecule has 0 fully saturated rings. The minimum absolute atomic E-state index is 0.0504. The lowest BCUT2D eigenvalue weighted by Crippen LogP contribution is -2.27. The van der Waals surface area contributed by atoms with Crippen molar-refractivity contribution in [3.8, 4) is 27.7 Å². The van der Waals surface area contributed by atoms with Crippen LogP contribution in [0.4, 0.5) is 0 Å². The molecule has 30 heavy (non-hydrogen) atoms. The molecule has 0 aliphatic carbocycles. The zero-order valence-electron chi connectivity index (χ0n) is 17.0. The van der Waals surface area contributed by atoms with Crippen LogP contribution in [0.1, 0.15) is 11.1 Å². The van der Waals surface area contributed by atoms with E-state index in [9.17, 15) is 4.79 Å². The predicted molar refractivity (Wildman–Crippen MR) is 121 cm³/mol. The van der Waals surface area contributed by atoms with E-state index in [4.69, 9.17) is 9.72 Å². The molecule has 1 N–H and O–H groups in total. The molecule has 0 aliphatic heterocycles. The Morgan fingerprint density at radius 2 is 1.97 bits per heavy atom. The highest BCUT2D eigenvalue weighted by Crippen LogP contribution is 2.29. The SMILES string of the molecule is COc1cccc(CNC(=O)Cn2cccc2-c2nc(-c3ccc(C)cc3)cs2)c1. The molecule has 0 spiro atoms. The van der Waals surface area contributed by atoms with Crippen molar-refractivity contribution in [2.45, 2.75) is 20.0 Å². The Hall–Kier alpha value is -3.38. The van der Waals surface area contributed by atoms with Gasteiger partial charge in [-0.15, -0.1) is 11.3 Å². The predicted octanol–water partition coefficient (Wildman–Crippen LogP) is 4.91. The maximum atomic E-state index is 12.5. The summed E-state index contributed by atoms with van der Waals surface area (Å²) in [5.41, 5.74) is 5.21. The van der Waals surface area contributed by atoms with Crippen molar-refractivity contribution in [2.24, 2.45) is 0 Å². The lowest BCUT2D eigenvalue weighted by Gasteiger charge is -2.09. The standard InChI is InChI=1S/C24H23N3O2S/c1-17-8-10-19(11-9-17)21-16-30-24(26-21)22-7-4-12-27(22)15-23(28)25-14-18-5-3-6-20(13-18)29-2/h3-13,16H,14-15H2,1-2H3,(H,25,28). The van der Waals surface area contributed by atoms with E-state index >= 15 is 0 Å². The third-order valence-electron chi connectivity index (χ3n) is 4.84. The molecule has 0 saturated heterocycles. The van der Waals surface area contributed by atoms with Gasteiger partial charge in [-0.05, 0) is 36.8 Å². The molecule has 0 bridgehead atoms. The van der Waals surface area contributed by atoms with Crippen molar-refractivity contribution < 1.29 is 9.53 Å². The lowest BCUT2D eigenvalue weighted by molar-refractivity contribution is -0.121. The van der Waals surface area contributed by atoms with E-state index in [1.807, 2.05) is 47.2 Å². The van der Waals surface area contributed by atoms with Crippen molar-refractivity contribution in [2.75, 3.05) is 7.11 Å². The number of amides is 1. The molecule has 2 heterocycles. The summed E-state index contributed by atoms with van der Waals surface area (Å²) in [6.07, 6.45) is 1.91. The van der Waals surface area contributed by atoms with Crippen LogP contribution >= 0.6 is 11.3 Å². The molecule has 5 nitrogen and oxygen atoms in total. The van der Waals surface area contributed by atoms with Crippen LogP contribution in [0.15, 0.2) is 72.2 Å². The van der Waals surface area contributed by atoms with Gasteiger partial charge in [0.1, 0.15) is 17.3 Å². The number of hydrogen-bond donors (Lipinski definition) is 1. The Balaban J connectivity index is 1.43. The van der Waals surface area contributed by atoms with Crippen molar-refractivity contribution in [3.05, 3.63) is 83.4 Å². The molecular formula is C24H23N3O2S. The summed E-state index contributed by atoms with van der Waals surface area (Å²) in [4.78, 5) is 17.3. The van der Waals surface area contributed by atoms with Gasteiger partial charge in [-0.25, -0.2) is 4.98 Å². The third-order valence-corrected chi connectivity index (χ3v) is 5.70. The Morgan fingerprint density at radius 3 is 2.77 bits per heavy atom. The zero-order chi connectivity index (χ0) is 20.9. The van der Waals surface area contributed by atoms with Crippen molar-refractivity contribution in [1.82, 2.24) is 14.9 Å². The van der Waals surface area contributed by atoms with Crippen LogP contribution in [-0.2, 0) is 17.9 Å². The lowest BCUT2D eigenvalue weighted by atomic mass is 10.1. The number of thiazole rings is 1. The molecule has 4 rings (SSSR count). The van der Waals surface area contributed by atoms with Gasteiger partial charge in [0.2, 0.25) is 5.91 Å². The van der Waals surface area contributed by atoms with Crippen LogP contribution in [0.3, 0.4) is 0 Å². The second kappa shape index (κ2) is 8.97. The Kier molecular flexibility index (Phi) is 5.95. The van der Waals surface area contributed by atoms with Crippen LogP contribution in [0, 0.1) is 6.92 Å². The van der Waals surface area contributed by atoms with Gasteiger partial charge in [-0.1, -0.05) is 42.0 Å². The summed E-state index contributed by atoms with van der Waals surface area (Å²) in [5.74, 6) is 0.730. The minimum atomic E-state index is -0.0504. The number of nitrogens with zero attached hydrogens (tertiary/aromatic N) is 2. The first-order valence-corrected chi connectivity index (χ1v) is 10.6. The van der Waals surface area contributed by atoms with Crippen LogP contribution in [0.25, 0.3) is 22.0 Å². The quantitative estimate of drug-likeness (QED) is 0.465. The number of carbonyl (C=O) groups is 1. The largest absolute Gasteiger partial charge is 0.497 e. The molecule has 0 saturated carbocycles. The topological polar surface area (TPSA) is 56.1 Å². The molecule has 0 radical (unpaired) electrons. The first kappa shape index (κ1) is 19.9. The summed E-state index contributed by atoms with van der Waals surface area (Å²) in [6, 6.07) is 20.0. The van der Waals surface area contributed by atoms with E-state index in [1.54, 1.807) is 18.4 Å². The van der Waals surface area contributed by atoms with E-state index in [0.717, 1.165) is 33.3 Å². The van der Waals surface area contributed by atoms with Crippen LogP contribution in [0.5, 0.6) is 5.75 Å². The third kappa shape index (κ3) is 4.60. The van der Waals surface area contributed by atoms with Crippen LogP contribution in [-0.4, -0.2) is 22.6 Å². The summed E-state index contributed by atoms with van der Waals surface area (Å²) >= 11 is 1.58. The monoisotopic (exact) mass is 417 g/mol. The van der Waals surface area contributed by atoms with E-state index in [2.05, 4.69) is 41.9 Å². The molecule has 2 aromatic carbocycles. The second-order valence-corrected chi connectivity index (χ2v) is 7.91. The number of carbonyl (C=O) groups excluding carboxylic acids is 1. The summed E-state index contributed by atoms with van der Waals surface area (Å²) in [7, 11) is 1.63. The molecule has 4 aromatic rings. The van der Waals surface area contributed by atoms with Gasteiger partial charge in [-0.2, -0.15) is 0 Å². The number of aromatic nitrogens is 2. The number of methoxy groups -OCH3 is 1.